The van der Waals surface area contributed by atoms with Gasteiger partial charge in [-0.3, -0.25) is 10.1 Å². The fourth-order valence-electron chi connectivity index (χ4n) is 3.76. The monoisotopic (exact) mass is 452 g/mol. The molecule has 0 fully saturated rings. The lowest BCUT2D eigenvalue weighted by Gasteiger charge is -2.14. The third-order valence-electron chi connectivity index (χ3n) is 5.29. The molecule has 2 aromatic carbocycles. The molecule has 1 heterocycles. The molecule has 0 spiro atoms. The number of carboxylic acid groups (broad SMARTS) is 1. The largest absolute Gasteiger partial charge is 0.480 e. The Labute approximate surface area is 187 Å². The van der Waals surface area contributed by atoms with Crippen molar-refractivity contribution in [3.63, 3.8) is 0 Å². The molecule has 0 saturated carbocycles. The van der Waals surface area contributed by atoms with Crippen LogP contribution in [0.3, 0.4) is 0 Å². The molecule has 33 heavy (non-hydrogen) atoms. The van der Waals surface area contributed by atoms with E-state index in [0.29, 0.717) is 0 Å². The van der Waals surface area contributed by atoms with Crippen molar-refractivity contribution >= 4 is 23.8 Å². The molecular weight excluding hydrogens is 432 g/mol. The highest BCUT2D eigenvalue weighted by atomic mass is 16.6. The van der Waals surface area contributed by atoms with E-state index in [1.54, 1.807) is 0 Å². The van der Waals surface area contributed by atoms with Gasteiger partial charge in [0.25, 0.3) is 5.91 Å². The Balaban J connectivity index is 1.41. The zero-order valence-corrected chi connectivity index (χ0v) is 17.2. The number of hydrogen-bond donors (Lipinski definition) is 4. The van der Waals surface area contributed by atoms with Crippen LogP contribution in [0.4, 0.5) is 10.6 Å². The second-order valence-electron chi connectivity index (χ2n) is 7.29. The smallest absolute Gasteiger partial charge is 0.412 e. The first-order valence-corrected chi connectivity index (χ1v) is 10.1. The summed E-state index contributed by atoms with van der Waals surface area (Å²) in [7, 11) is 0. The summed E-state index contributed by atoms with van der Waals surface area (Å²) in [4.78, 5) is 35.9. The van der Waals surface area contributed by atoms with Crippen LogP contribution in [0.2, 0.25) is 0 Å². The molecule has 1 atom stereocenters. The summed E-state index contributed by atoms with van der Waals surface area (Å²) < 4.78 is 9.90. The average molecular weight is 452 g/mol. The van der Waals surface area contributed by atoms with Gasteiger partial charge >= 0.3 is 12.1 Å². The maximum atomic E-state index is 12.4. The minimum Gasteiger partial charge on any atom is -0.480 e. The fourth-order valence-corrected chi connectivity index (χ4v) is 3.76. The van der Waals surface area contributed by atoms with Gasteiger partial charge in [-0.1, -0.05) is 48.5 Å². The molecular formula is C22H20N4O7. The van der Waals surface area contributed by atoms with Crippen LogP contribution in [-0.2, 0) is 9.53 Å². The molecule has 3 aromatic rings. The summed E-state index contributed by atoms with van der Waals surface area (Å²) in [6.07, 6.45) is -1.09. The van der Waals surface area contributed by atoms with Crippen molar-refractivity contribution in [2.24, 2.45) is 0 Å². The summed E-state index contributed by atoms with van der Waals surface area (Å²) in [5.41, 5.74) is 3.82. The highest BCUT2D eigenvalue weighted by molar-refractivity contribution is 6.01. The number of fused-ring (bicyclic) bond motifs is 3. The van der Waals surface area contributed by atoms with Crippen LogP contribution in [-0.4, -0.2) is 57.8 Å². The summed E-state index contributed by atoms with van der Waals surface area (Å²) >= 11 is 0. The number of nitrogens with one attached hydrogen (secondary N) is 2. The van der Waals surface area contributed by atoms with Crippen LogP contribution in [0, 0.1) is 0 Å². The number of ether oxygens (including phenoxy) is 1. The van der Waals surface area contributed by atoms with E-state index in [1.165, 1.54) is 0 Å². The molecule has 1 aliphatic carbocycles. The van der Waals surface area contributed by atoms with Crippen LogP contribution in [0.15, 0.2) is 53.2 Å². The third-order valence-corrected chi connectivity index (χ3v) is 5.29. The summed E-state index contributed by atoms with van der Waals surface area (Å²) in [5.74, 6) is -2.75. The first kappa shape index (κ1) is 22.0. The molecule has 2 amide bonds. The van der Waals surface area contributed by atoms with Crippen molar-refractivity contribution in [3.8, 4) is 11.1 Å². The minimum atomic E-state index is -1.35. The van der Waals surface area contributed by atoms with Gasteiger partial charge in [0.15, 0.2) is 0 Å². The number of anilines is 1. The molecule has 0 saturated heterocycles. The molecule has 1 aromatic heterocycles. The number of aliphatic hydroxyl groups excluding tert-OH is 1. The summed E-state index contributed by atoms with van der Waals surface area (Å²) in [5, 5.41) is 29.4. The van der Waals surface area contributed by atoms with Gasteiger partial charge in [0.2, 0.25) is 11.5 Å². The van der Waals surface area contributed by atoms with Gasteiger partial charge in [0.1, 0.15) is 12.6 Å². The van der Waals surface area contributed by atoms with Crippen molar-refractivity contribution in [2.75, 3.05) is 18.5 Å². The number of rotatable bonds is 8. The molecule has 1 unspecified atom stereocenters. The van der Waals surface area contributed by atoms with E-state index in [2.05, 4.69) is 25.6 Å². The van der Waals surface area contributed by atoms with E-state index in [0.717, 1.165) is 22.3 Å². The van der Waals surface area contributed by atoms with Crippen LogP contribution in [0.1, 0.15) is 34.0 Å². The number of nitrogens with zero attached hydrogens (tertiary/aromatic N) is 2. The molecule has 0 radical (unpaired) electrons. The van der Waals surface area contributed by atoms with Crippen molar-refractivity contribution in [1.82, 2.24) is 15.6 Å². The highest BCUT2D eigenvalue weighted by Crippen LogP contribution is 2.44. The van der Waals surface area contributed by atoms with Crippen LogP contribution in [0.5, 0.6) is 0 Å². The number of benzene rings is 2. The first-order chi connectivity index (χ1) is 16.0. The molecule has 4 rings (SSSR count). The molecule has 11 heteroatoms. The van der Waals surface area contributed by atoms with E-state index >= 15 is 0 Å². The summed E-state index contributed by atoms with van der Waals surface area (Å²) in [6, 6.07) is 14.4. The minimum absolute atomic E-state index is 0.0459. The highest BCUT2D eigenvalue weighted by Gasteiger charge is 2.30. The maximum Gasteiger partial charge on any atom is 0.412 e. The van der Waals surface area contributed by atoms with Gasteiger partial charge in [0, 0.05) is 18.9 Å². The van der Waals surface area contributed by atoms with E-state index in [9.17, 15) is 14.4 Å². The molecule has 1 aliphatic rings. The van der Waals surface area contributed by atoms with E-state index < -0.39 is 36.3 Å². The van der Waals surface area contributed by atoms with Gasteiger partial charge in [-0.05, 0) is 32.6 Å². The van der Waals surface area contributed by atoms with E-state index in [-0.39, 0.29) is 24.8 Å². The zero-order chi connectivity index (χ0) is 23.4. The standard InChI is InChI=1S/C22H20N4O7/c27-10-9-17(21(29)30)23-20(28)18-19(26-33-25-18)24-22(31)32-11-16-14-7-3-1-5-12(14)13-6-2-4-8-15(13)16/h1-8,16-17,27H,9-11H2,(H,23,28)(H,29,30)(H,24,26,31). The number of aliphatic carboxylic acids is 1. The van der Waals surface area contributed by atoms with Gasteiger partial charge in [-0.15, -0.1) is 0 Å². The number of hydrogen-bond acceptors (Lipinski definition) is 8. The molecule has 0 aliphatic heterocycles. The lowest BCUT2D eigenvalue weighted by molar-refractivity contribution is -0.139. The van der Waals surface area contributed by atoms with Crippen LogP contribution < -0.4 is 10.6 Å². The van der Waals surface area contributed by atoms with Gasteiger partial charge in [-0.2, -0.15) is 0 Å². The summed E-state index contributed by atoms with van der Waals surface area (Å²) in [6.45, 7) is -0.399. The third kappa shape index (κ3) is 4.53. The number of carboxylic acids is 1. The first-order valence-electron chi connectivity index (χ1n) is 10.1. The van der Waals surface area contributed by atoms with Crippen molar-refractivity contribution in [3.05, 3.63) is 65.4 Å². The topological polar surface area (TPSA) is 164 Å². The zero-order valence-electron chi connectivity index (χ0n) is 17.2. The van der Waals surface area contributed by atoms with Gasteiger partial charge < -0.3 is 20.3 Å². The van der Waals surface area contributed by atoms with Gasteiger partial charge in [0.05, 0.1) is 0 Å². The quantitative estimate of drug-likeness (QED) is 0.400. The predicted octanol–water partition coefficient (Wildman–Crippen LogP) is 2.00. The Bertz CT molecular complexity index is 1150. The van der Waals surface area contributed by atoms with E-state index in [4.69, 9.17) is 14.9 Å². The number of carbonyl (C=O) groups is 3. The molecule has 0 bridgehead atoms. The number of amides is 2. The van der Waals surface area contributed by atoms with Crippen molar-refractivity contribution in [2.45, 2.75) is 18.4 Å². The maximum absolute atomic E-state index is 12.4. The Morgan fingerprint density at radius 2 is 1.67 bits per heavy atom. The Morgan fingerprint density at radius 3 is 2.27 bits per heavy atom. The van der Waals surface area contributed by atoms with Crippen LogP contribution in [0.25, 0.3) is 11.1 Å². The normalized spacial score (nSPS) is 13.0. The average Bonchev–Trinajstić information content (AvgIpc) is 3.40. The number of aliphatic hydroxyl groups is 1. The predicted molar refractivity (Wildman–Crippen MR) is 114 cm³/mol. The Morgan fingerprint density at radius 1 is 1.03 bits per heavy atom. The lowest BCUT2D eigenvalue weighted by atomic mass is 9.98. The molecule has 11 nitrogen and oxygen atoms in total. The molecule has 170 valence electrons. The van der Waals surface area contributed by atoms with E-state index in [1.807, 2.05) is 48.5 Å². The van der Waals surface area contributed by atoms with Gasteiger partial charge in [-0.25, -0.2) is 14.2 Å². The SMILES string of the molecule is O=C(Nc1nonc1C(=O)NC(CCO)C(=O)O)OCC1c2ccccc2-c2ccccc21. The lowest BCUT2D eigenvalue weighted by Crippen LogP contribution is -2.41. The number of carbonyl (C=O) groups excluding carboxylic acids is 2. The second-order valence-corrected chi connectivity index (χ2v) is 7.29. The van der Waals surface area contributed by atoms with Crippen molar-refractivity contribution < 1.29 is 34.0 Å². The Hall–Kier alpha value is -4.25. The molecule has 4 N–H and O–H groups in total. The number of aromatic nitrogens is 2. The Kier molecular flexibility index (Phi) is 6.31. The van der Waals surface area contributed by atoms with Crippen molar-refractivity contribution in [1.29, 1.82) is 0 Å². The second kappa shape index (κ2) is 9.49. The fraction of sp³-hybridized carbons (Fsp3) is 0.227. The van der Waals surface area contributed by atoms with Crippen LogP contribution >= 0.6 is 0 Å².